The van der Waals surface area contributed by atoms with E-state index in [1.165, 1.54) is 28.8 Å². The number of carbonyl (C=O) groups excluding carboxylic acids is 1. The summed E-state index contributed by atoms with van der Waals surface area (Å²) in [6.07, 6.45) is -0.876. The van der Waals surface area contributed by atoms with Gasteiger partial charge in [-0.2, -0.15) is 13.2 Å². The van der Waals surface area contributed by atoms with Crippen molar-refractivity contribution in [1.82, 2.24) is 9.88 Å². The molecule has 0 aliphatic carbocycles. The van der Waals surface area contributed by atoms with Crippen molar-refractivity contribution in [1.29, 1.82) is 0 Å². The van der Waals surface area contributed by atoms with Crippen LogP contribution in [0, 0.1) is 0 Å². The Balaban J connectivity index is 1.97. The lowest BCUT2D eigenvalue weighted by Crippen LogP contribution is -2.37. The highest BCUT2D eigenvalue weighted by Gasteiger charge is 2.38. The van der Waals surface area contributed by atoms with Crippen LogP contribution >= 0.6 is 11.8 Å². The summed E-state index contributed by atoms with van der Waals surface area (Å²) in [6.45, 7) is 0.247. The Labute approximate surface area is 141 Å². The quantitative estimate of drug-likeness (QED) is 0.827. The predicted octanol–water partition coefficient (Wildman–Crippen LogP) is 4.26. The summed E-state index contributed by atoms with van der Waals surface area (Å²) in [4.78, 5) is 17.9. The summed E-state index contributed by atoms with van der Waals surface area (Å²) in [5.74, 6) is 0.374. The van der Waals surface area contributed by atoms with Crippen LogP contribution in [0.15, 0.2) is 48.8 Å². The molecule has 2 aromatic rings. The number of amides is 1. The average molecular weight is 352 g/mol. The molecular formula is C17H15F3N2OS. The van der Waals surface area contributed by atoms with Gasteiger partial charge in [0.2, 0.25) is 5.91 Å². The first-order valence-corrected chi connectivity index (χ1v) is 8.48. The Morgan fingerprint density at radius 3 is 2.71 bits per heavy atom. The lowest BCUT2D eigenvalue weighted by Gasteiger charge is -2.36. The van der Waals surface area contributed by atoms with E-state index >= 15 is 0 Å². The average Bonchev–Trinajstić information content (AvgIpc) is 2.57. The highest BCUT2D eigenvalue weighted by atomic mass is 32.2. The first kappa shape index (κ1) is 16.8. The number of nitrogens with zero attached hydrogens (tertiary/aromatic N) is 2. The smallest absolute Gasteiger partial charge is 0.322 e. The molecule has 3 rings (SSSR count). The van der Waals surface area contributed by atoms with E-state index in [2.05, 4.69) is 4.98 Å². The number of aromatic nitrogens is 1. The largest absolute Gasteiger partial charge is 0.416 e. The van der Waals surface area contributed by atoms with E-state index in [0.717, 1.165) is 11.6 Å². The molecule has 24 heavy (non-hydrogen) atoms. The number of thioether (sulfide) groups is 1. The summed E-state index contributed by atoms with van der Waals surface area (Å²) in [5, 5.41) is -0.649. The molecule has 7 heteroatoms. The zero-order chi connectivity index (χ0) is 17.2. The first-order chi connectivity index (χ1) is 11.5. The molecule has 1 unspecified atom stereocenters. The van der Waals surface area contributed by atoms with Crippen molar-refractivity contribution in [2.45, 2.75) is 24.5 Å². The summed E-state index contributed by atoms with van der Waals surface area (Å²) >= 11 is 1.36. The Morgan fingerprint density at radius 1 is 1.21 bits per heavy atom. The molecule has 0 bridgehead atoms. The van der Waals surface area contributed by atoms with Crippen LogP contribution in [-0.2, 0) is 17.5 Å². The van der Waals surface area contributed by atoms with Crippen molar-refractivity contribution in [2.24, 2.45) is 0 Å². The molecule has 1 amide bonds. The molecule has 0 radical (unpaired) electrons. The number of halogens is 3. The van der Waals surface area contributed by atoms with E-state index in [4.69, 9.17) is 0 Å². The lowest BCUT2D eigenvalue weighted by atomic mass is 10.1. The summed E-state index contributed by atoms with van der Waals surface area (Å²) in [6, 6.07) is 9.02. The van der Waals surface area contributed by atoms with E-state index in [0.29, 0.717) is 12.2 Å². The zero-order valence-electron chi connectivity index (χ0n) is 12.7. The standard InChI is InChI=1S/C17H15F3N2OS/c18-17(19,20)14-6-2-1-5-13(14)16-22(15(23)7-9-24-16)11-12-4-3-8-21-10-12/h1-6,8,10,16H,7,9,11H2. The fourth-order valence-electron chi connectivity index (χ4n) is 2.71. The van der Waals surface area contributed by atoms with E-state index in [-0.39, 0.29) is 18.0 Å². The Kier molecular flexibility index (Phi) is 4.80. The molecule has 0 spiro atoms. The first-order valence-electron chi connectivity index (χ1n) is 7.43. The van der Waals surface area contributed by atoms with Gasteiger partial charge in [0, 0.05) is 31.1 Å². The second kappa shape index (κ2) is 6.84. The highest BCUT2D eigenvalue weighted by Crippen LogP contribution is 2.43. The van der Waals surface area contributed by atoms with Gasteiger partial charge in [-0.15, -0.1) is 11.8 Å². The van der Waals surface area contributed by atoms with Crippen LogP contribution in [0.25, 0.3) is 0 Å². The number of benzene rings is 1. The molecule has 1 saturated heterocycles. The SMILES string of the molecule is O=C1CCSC(c2ccccc2C(F)(F)F)N1Cc1cccnc1. The topological polar surface area (TPSA) is 33.2 Å². The molecule has 1 fully saturated rings. The third-order valence-electron chi connectivity index (χ3n) is 3.80. The van der Waals surface area contributed by atoms with Gasteiger partial charge < -0.3 is 4.90 Å². The van der Waals surface area contributed by atoms with E-state index in [9.17, 15) is 18.0 Å². The molecule has 0 saturated carbocycles. The minimum Gasteiger partial charge on any atom is -0.322 e. The molecule has 1 atom stereocenters. The normalized spacial score (nSPS) is 18.7. The number of hydrogen-bond acceptors (Lipinski definition) is 3. The maximum absolute atomic E-state index is 13.3. The van der Waals surface area contributed by atoms with Gasteiger partial charge in [0.25, 0.3) is 0 Å². The number of pyridine rings is 1. The number of carbonyl (C=O) groups is 1. The summed E-state index contributed by atoms with van der Waals surface area (Å²) in [5.41, 5.74) is 0.239. The lowest BCUT2D eigenvalue weighted by molar-refractivity contribution is -0.140. The van der Waals surface area contributed by atoms with Crippen LogP contribution in [-0.4, -0.2) is 21.5 Å². The fourth-order valence-corrected chi connectivity index (χ4v) is 3.98. The molecular weight excluding hydrogens is 337 g/mol. The van der Waals surface area contributed by atoms with Gasteiger partial charge in [0.1, 0.15) is 5.37 Å². The molecule has 2 heterocycles. The summed E-state index contributed by atoms with van der Waals surface area (Å²) < 4.78 is 40.0. The third kappa shape index (κ3) is 3.56. The number of hydrogen-bond donors (Lipinski definition) is 0. The van der Waals surface area contributed by atoms with Gasteiger partial charge in [0.05, 0.1) is 5.56 Å². The minimum atomic E-state index is -4.45. The minimum absolute atomic E-state index is 0.131. The van der Waals surface area contributed by atoms with Gasteiger partial charge in [-0.25, -0.2) is 0 Å². The van der Waals surface area contributed by atoms with E-state index in [1.54, 1.807) is 24.5 Å². The van der Waals surface area contributed by atoms with Gasteiger partial charge in [0.15, 0.2) is 0 Å². The second-order valence-electron chi connectivity index (χ2n) is 5.44. The van der Waals surface area contributed by atoms with Crippen LogP contribution in [0.2, 0.25) is 0 Å². The van der Waals surface area contributed by atoms with Crippen molar-refractivity contribution in [3.63, 3.8) is 0 Å². The second-order valence-corrected chi connectivity index (χ2v) is 6.63. The predicted molar refractivity (Wildman–Crippen MR) is 86.0 cm³/mol. The molecule has 1 aliphatic heterocycles. The van der Waals surface area contributed by atoms with Crippen LogP contribution in [0.5, 0.6) is 0 Å². The van der Waals surface area contributed by atoms with Gasteiger partial charge >= 0.3 is 6.18 Å². The molecule has 126 valence electrons. The Bertz CT molecular complexity index is 721. The van der Waals surface area contributed by atoms with Crippen molar-refractivity contribution in [2.75, 3.05) is 5.75 Å². The number of rotatable bonds is 3. The molecule has 1 aromatic heterocycles. The van der Waals surface area contributed by atoms with Crippen molar-refractivity contribution in [3.05, 3.63) is 65.5 Å². The van der Waals surface area contributed by atoms with Crippen LogP contribution in [0.1, 0.15) is 28.5 Å². The Morgan fingerprint density at radius 2 is 2.00 bits per heavy atom. The van der Waals surface area contributed by atoms with Gasteiger partial charge in [-0.1, -0.05) is 24.3 Å². The van der Waals surface area contributed by atoms with Gasteiger partial charge in [-0.05, 0) is 23.3 Å². The van der Waals surface area contributed by atoms with Crippen molar-refractivity contribution >= 4 is 17.7 Å². The van der Waals surface area contributed by atoms with Gasteiger partial charge in [-0.3, -0.25) is 9.78 Å². The fraction of sp³-hybridized carbons (Fsp3) is 0.294. The highest BCUT2D eigenvalue weighted by molar-refractivity contribution is 7.99. The molecule has 3 nitrogen and oxygen atoms in total. The molecule has 0 N–H and O–H groups in total. The third-order valence-corrected chi connectivity index (χ3v) is 5.07. The molecule has 1 aliphatic rings. The zero-order valence-corrected chi connectivity index (χ0v) is 13.5. The monoisotopic (exact) mass is 352 g/mol. The van der Waals surface area contributed by atoms with Crippen molar-refractivity contribution in [3.8, 4) is 0 Å². The van der Waals surface area contributed by atoms with Crippen LogP contribution < -0.4 is 0 Å². The van der Waals surface area contributed by atoms with E-state index < -0.39 is 17.1 Å². The van der Waals surface area contributed by atoms with Crippen LogP contribution in [0.3, 0.4) is 0 Å². The van der Waals surface area contributed by atoms with Crippen molar-refractivity contribution < 1.29 is 18.0 Å². The summed E-state index contributed by atoms with van der Waals surface area (Å²) in [7, 11) is 0. The van der Waals surface area contributed by atoms with E-state index in [1.807, 2.05) is 6.07 Å². The molecule has 1 aromatic carbocycles. The number of alkyl halides is 3. The maximum atomic E-state index is 13.3. The van der Waals surface area contributed by atoms with Crippen LogP contribution in [0.4, 0.5) is 13.2 Å². The Hall–Kier alpha value is -2.02. The maximum Gasteiger partial charge on any atom is 0.416 e.